The van der Waals surface area contributed by atoms with Crippen molar-refractivity contribution in [2.75, 3.05) is 23.7 Å². The second-order valence-electron chi connectivity index (χ2n) is 4.85. The second-order valence-corrected chi connectivity index (χ2v) is 7.29. The Balaban J connectivity index is 2.07. The molecule has 0 spiro atoms. The van der Waals surface area contributed by atoms with E-state index in [4.69, 9.17) is 5.14 Å². The maximum absolute atomic E-state index is 11.6. The molecule has 4 N–H and O–H groups in total. The number of nitrogens with two attached hydrogens (primary N) is 1. The van der Waals surface area contributed by atoms with Crippen LogP contribution in [0.2, 0.25) is 0 Å². The van der Waals surface area contributed by atoms with Crippen LogP contribution in [0.25, 0.3) is 0 Å². The second kappa shape index (κ2) is 7.60. The first-order chi connectivity index (χ1) is 11.3. The molecule has 2 aromatic carbocycles. The van der Waals surface area contributed by atoms with Gasteiger partial charge in [-0.15, -0.1) is 0 Å². The third-order valence-electron chi connectivity index (χ3n) is 3.07. The molecule has 0 aromatic heterocycles. The molecule has 8 nitrogen and oxygen atoms in total. The molecule has 0 radical (unpaired) electrons. The van der Waals surface area contributed by atoms with Gasteiger partial charge in [-0.25, -0.2) is 13.6 Å². The SMILES string of the molecule is NS(=O)(=O)c1ccc([N+](=O)[O-])cc1NCCNc1cccc(Br)c1. The number of nitro benzene ring substituents is 1. The molecule has 0 aliphatic rings. The van der Waals surface area contributed by atoms with Gasteiger partial charge >= 0.3 is 0 Å². The number of sulfonamides is 1. The maximum atomic E-state index is 11.6. The van der Waals surface area contributed by atoms with E-state index in [1.807, 2.05) is 24.3 Å². The van der Waals surface area contributed by atoms with Crippen molar-refractivity contribution in [2.45, 2.75) is 4.90 Å². The molecule has 10 heteroatoms. The Bertz CT molecular complexity index is 858. The fourth-order valence-corrected chi connectivity index (χ4v) is 3.11. The lowest BCUT2D eigenvalue weighted by Gasteiger charge is -2.12. The van der Waals surface area contributed by atoms with Gasteiger partial charge in [-0.3, -0.25) is 10.1 Å². The van der Waals surface area contributed by atoms with Gasteiger partial charge in [-0.2, -0.15) is 0 Å². The lowest BCUT2D eigenvalue weighted by molar-refractivity contribution is -0.384. The summed E-state index contributed by atoms with van der Waals surface area (Å²) >= 11 is 3.36. The van der Waals surface area contributed by atoms with Crippen molar-refractivity contribution in [1.82, 2.24) is 0 Å². The number of nitrogens with zero attached hydrogens (tertiary/aromatic N) is 1. The molecule has 0 fully saturated rings. The summed E-state index contributed by atoms with van der Waals surface area (Å²) in [7, 11) is -3.98. The molecule has 2 rings (SSSR count). The summed E-state index contributed by atoms with van der Waals surface area (Å²) < 4.78 is 24.1. The maximum Gasteiger partial charge on any atom is 0.271 e. The lowest BCUT2D eigenvalue weighted by Crippen LogP contribution is -2.18. The van der Waals surface area contributed by atoms with Gasteiger partial charge in [0.15, 0.2) is 0 Å². The summed E-state index contributed by atoms with van der Waals surface area (Å²) in [6.45, 7) is 0.819. The van der Waals surface area contributed by atoms with Gasteiger partial charge in [0.25, 0.3) is 5.69 Å². The molecule has 0 aliphatic heterocycles. The van der Waals surface area contributed by atoms with Crippen LogP contribution in [0.1, 0.15) is 0 Å². The molecule has 0 aliphatic carbocycles. The zero-order chi connectivity index (χ0) is 17.7. The largest absolute Gasteiger partial charge is 0.383 e. The summed E-state index contributed by atoms with van der Waals surface area (Å²) in [5, 5.41) is 22.0. The van der Waals surface area contributed by atoms with Crippen molar-refractivity contribution in [1.29, 1.82) is 0 Å². The van der Waals surface area contributed by atoms with Gasteiger partial charge in [0, 0.05) is 35.4 Å². The van der Waals surface area contributed by atoms with Crippen molar-refractivity contribution in [3.8, 4) is 0 Å². The highest BCUT2D eigenvalue weighted by Gasteiger charge is 2.17. The zero-order valence-corrected chi connectivity index (χ0v) is 14.8. The van der Waals surface area contributed by atoms with E-state index in [1.54, 1.807) is 0 Å². The molecule has 24 heavy (non-hydrogen) atoms. The Morgan fingerprint density at radius 2 is 1.83 bits per heavy atom. The van der Waals surface area contributed by atoms with Crippen LogP contribution in [0.15, 0.2) is 51.8 Å². The minimum Gasteiger partial charge on any atom is -0.383 e. The molecular weight excluding hydrogens is 400 g/mol. The highest BCUT2D eigenvalue weighted by Crippen LogP contribution is 2.25. The van der Waals surface area contributed by atoms with Crippen molar-refractivity contribution in [3.63, 3.8) is 0 Å². The van der Waals surface area contributed by atoms with Gasteiger partial charge in [-0.1, -0.05) is 22.0 Å². The highest BCUT2D eigenvalue weighted by atomic mass is 79.9. The number of hydrogen-bond acceptors (Lipinski definition) is 6. The van der Waals surface area contributed by atoms with Crippen LogP contribution in [-0.2, 0) is 10.0 Å². The Labute approximate surface area is 147 Å². The quantitative estimate of drug-likeness (QED) is 0.362. The molecule has 0 saturated carbocycles. The van der Waals surface area contributed by atoms with Crippen LogP contribution in [0.5, 0.6) is 0 Å². The van der Waals surface area contributed by atoms with E-state index >= 15 is 0 Å². The molecule has 0 bridgehead atoms. The summed E-state index contributed by atoms with van der Waals surface area (Å²) in [6.07, 6.45) is 0. The topological polar surface area (TPSA) is 127 Å². The van der Waals surface area contributed by atoms with Crippen molar-refractivity contribution in [2.24, 2.45) is 5.14 Å². The summed E-state index contributed by atoms with van der Waals surface area (Å²) in [5.41, 5.74) is 0.768. The van der Waals surface area contributed by atoms with Crippen LogP contribution in [0.4, 0.5) is 17.1 Å². The molecule has 0 unspecified atom stereocenters. The average Bonchev–Trinajstić information content (AvgIpc) is 2.50. The minimum atomic E-state index is -3.98. The van der Waals surface area contributed by atoms with E-state index in [-0.39, 0.29) is 16.3 Å². The Morgan fingerprint density at radius 1 is 1.12 bits per heavy atom. The van der Waals surface area contributed by atoms with E-state index in [9.17, 15) is 18.5 Å². The van der Waals surface area contributed by atoms with Crippen molar-refractivity contribution < 1.29 is 13.3 Å². The molecule has 0 heterocycles. The van der Waals surface area contributed by atoms with Crippen LogP contribution < -0.4 is 15.8 Å². The van der Waals surface area contributed by atoms with E-state index in [1.165, 1.54) is 0 Å². The predicted molar refractivity (Wildman–Crippen MR) is 95.6 cm³/mol. The molecule has 0 amide bonds. The Kier molecular flexibility index (Phi) is 5.75. The lowest BCUT2D eigenvalue weighted by atomic mass is 10.2. The van der Waals surface area contributed by atoms with Crippen molar-refractivity contribution in [3.05, 3.63) is 57.1 Å². The first-order valence-electron chi connectivity index (χ1n) is 6.82. The standard InChI is InChI=1S/C14H15BrN4O4S/c15-10-2-1-3-11(8-10)17-6-7-18-13-9-12(19(20)21)4-5-14(13)24(16,22)23/h1-5,8-9,17-18H,6-7H2,(H2,16,22,23). The van der Waals surface area contributed by atoms with E-state index in [0.29, 0.717) is 13.1 Å². The minimum absolute atomic E-state index is 0.0998. The smallest absolute Gasteiger partial charge is 0.271 e. The summed E-state index contributed by atoms with van der Waals surface area (Å²) in [4.78, 5) is 10.1. The molecule has 0 saturated heterocycles. The number of primary sulfonamides is 1. The number of non-ortho nitro benzene ring substituents is 1. The van der Waals surface area contributed by atoms with Crippen molar-refractivity contribution >= 4 is 43.0 Å². The number of rotatable bonds is 7. The third kappa shape index (κ3) is 4.91. The monoisotopic (exact) mass is 414 g/mol. The normalized spacial score (nSPS) is 11.1. The summed E-state index contributed by atoms with van der Waals surface area (Å²) in [5.74, 6) is 0. The van der Waals surface area contributed by atoms with E-state index in [0.717, 1.165) is 28.4 Å². The van der Waals surface area contributed by atoms with Gasteiger partial charge in [0.1, 0.15) is 4.90 Å². The Morgan fingerprint density at radius 3 is 2.46 bits per heavy atom. The number of nitrogens with one attached hydrogen (secondary N) is 2. The van der Waals surface area contributed by atoms with E-state index in [2.05, 4.69) is 26.6 Å². The van der Waals surface area contributed by atoms with Crippen LogP contribution in [0, 0.1) is 10.1 Å². The molecule has 0 atom stereocenters. The predicted octanol–water partition coefficient (Wildman–Crippen LogP) is 2.53. The molecule has 128 valence electrons. The molecule has 2 aromatic rings. The highest BCUT2D eigenvalue weighted by molar-refractivity contribution is 9.10. The number of anilines is 2. The van der Waals surface area contributed by atoms with Gasteiger partial charge in [0.2, 0.25) is 10.0 Å². The fraction of sp³-hybridized carbons (Fsp3) is 0.143. The molecular formula is C14H15BrN4O4S. The first-order valence-corrected chi connectivity index (χ1v) is 9.16. The summed E-state index contributed by atoms with van der Waals surface area (Å²) in [6, 6.07) is 10.9. The van der Waals surface area contributed by atoms with Gasteiger partial charge in [0.05, 0.1) is 10.6 Å². The number of halogens is 1. The number of benzene rings is 2. The Hall–Kier alpha value is -2.17. The van der Waals surface area contributed by atoms with Gasteiger partial charge in [-0.05, 0) is 24.3 Å². The number of nitro groups is 1. The zero-order valence-electron chi connectivity index (χ0n) is 12.4. The third-order valence-corrected chi connectivity index (χ3v) is 4.54. The van der Waals surface area contributed by atoms with Crippen LogP contribution >= 0.6 is 15.9 Å². The van der Waals surface area contributed by atoms with E-state index < -0.39 is 14.9 Å². The van der Waals surface area contributed by atoms with Crippen LogP contribution in [-0.4, -0.2) is 26.4 Å². The van der Waals surface area contributed by atoms with Crippen LogP contribution in [0.3, 0.4) is 0 Å². The number of hydrogen-bond donors (Lipinski definition) is 3. The average molecular weight is 415 g/mol. The first kappa shape index (κ1) is 18.2. The fourth-order valence-electron chi connectivity index (χ4n) is 2.02. The van der Waals surface area contributed by atoms with Gasteiger partial charge < -0.3 is 10.6 Å².